The van der Waals surface area contributed by atoms with E-state index in [0.717, 1.165) is 6.07 Å². The number of halogens is 2. The average Bonchev–Trinajstić information content (AvgIpc) is 2.12. The zero-order chi connectivity index (χ0) is 10.9. The van der Waals surface area contributed by atoms with Crippen molar-refractivity contribution in [2.75, 3.05) is 0 Å². The van der Waals surface area contributed by atoms with Gasteiger partial charge in [0.25, 0.3) is 0 Å². The number of Topliss-reactive ketones (excluding diaryl/α,β-unsaturated/α-hetero) is 1. The highest BCUT2D eigenvalue weighted by molar-refractivity contribution is 9.10. The Kier molecular flexibility index (Phi) is 3.23. The summed E-state index contributed by atoms with van der Waals surface area (Å²) in [6.07, 6.45) is 0. The van der Waals surface area contributed by atoms with Crippen LogP contribution in [0.5, 0.6) is 5.75 Å². The Morgan fingerprint density at radius 3 is 2.71 bits per heavy atom. The molecule has 1 rings (SSSR count). The highest BCUT2D eigenvalue weighted by atomic mass is 79.9. The molecule has 0 aliphatic rings. The molecule has 0 fully saturated rings. The number of hydrogen-bond donors (Lipinski definition) is 2. The molecule has 0 aliphatic heterocycles. The third-order valence-corrected chi connectivity index (χ3v) is 2.40. The fourth-order valence-corrected chi connectivity index (χ4v) is 1.52. The van der Waals surface area contributed by atoms with Crippen molar-refractivity contribution >= 4 is 21.7 Å². The van der Waals surface area contributed by atoms with Gasteiger partial charge in [0.15, 0.2) is 17.3 Å². The highest BCUT2D eigenvalue weighted by Crippen LogP contribution is 2.29. The summed E-state index contributed by atoms with van der Waals surface area (Å²) in [4.78, 5) is 11.5. The van der Waals surface area contributed by atoms with E-state index in [-0.39, 0.29) is 5.56 Å². The molecule has 0 bridgehead atoms. The summed E-state index contributed by atoms with van der Waals surface area (Å²) in [7, 11) is 0. The summed E-state index contributed by atoms with van der Waals surface area (Å²) < 4.78 is 13.3. The molecule has 0 saturated heterocycles. The summed E-state index contributed by atoms with van der Waals surface area (Å²) in [5.41, 5.74) is 5.24. The maximum Gasteiger partial charge on any atom is 0.184 e. The van der Waals surface area contributed by atoms with Crippen LogP contribution in [0.3, 0.4) is 0 Å². The van der Waals surface area contributed by atoms with Crippen LogP contribution in [-0.2, 0) is 0 Å². The number of aromatic hydroxyl groups is 1. The lowest BCUT2D eigenvalue weighted by molar-refractivity contribution is 0.0963. The summed E-state index contributed by atoms with van der Waals surface area (Å²) in [6.45, 7) is 1.47. The van der Waals surface area contributed by atoms with Gasteiger partial charge in [-0.1, -0.05) is 0 Å². The van der Waals surface area contributed by atoms with E-state index in [2.05, 4.69) is 15.9 Å². The van der Waals surface area contributed by atoms with Crippen molar-refractivity contribution in [1.82, 2.24) is 0 Å². The molecule has 3 N–H and O–H groups in total. The van der Waals surface area contributed by atoms with Crippen LogP contribution >= 0.6 is 15.9 Å². The minimum absolute atomic E-state index is 0.111. The fourth-order valence-electron chi connectivity index (χ4n) is 1.00. The number of hydrogen-bond acceptors (Lipinski definition) is 3. The summed E-state index contributed by atoms with van der Waals surface area (Å²) >= 11 is 3.05. The van der Waals surface area contributed by atoms with Crippen molar-refractivity contribution in [3.63, 3.8) is 0 Å². The SMILES string of the molecule is CC(N)C(=O)c1c(Br)ccc(F)c1O. The van der Waals surface area contributed by atoms with Gasteiger partial charge in [0.2, 0.25) is 0 Å². The van der Waals surface area contributed by atoms with E-state index in [4.69, 9.17) is 5.73 Å². The first kappa shape index (κ1) is 11.1. The van der Waals surface area contributed by atoms with Crippen molar-refractivity contribution in [1.29, 1.82) is 0 Å². The summed E-state index contributed by atoms with van der Waals surface area (Å²) in [5.74, 6) is -2.01. The topological polar surface area (TPSA) is 63.3 Å². The number of ketones is 1. The molecule has 1 atom stereocenters. The van der Waals surface area contributed by atoms with Crippen molar-refractivity contribution in [2.45, 2.75) is 13.0 Å². The van der Waals surface area contributed by atoms with Crippen molar-refractivity contribution in [2.24, 2.45) is 5.73 Å². The molecular weight excluding hydrogens is 253 g/mol. The van der Waals surface area contributed by atoms with Crippen LogP contribution in [0, 0.1) is 5.82 Å². The first-order chi connectivity index (χ1) is 6.45. The number of nitrogens with two attached hydrogens (primary N) is 1. The van der Waals surface area contributed by atoms with Gasteiger partial charge in [0, 0.05) is 4.47 Å². The molecule has 14 heavy (non-hydrogen) atoms. The molecule has 3 nitrogen and oxygen atoms in total. The number of carbonyl (C=O) groups excluding carboxylic acids is 1. The Morgan fingerprint density at radius 2 is 2.21 bits per heavy atom. The Morgan fingerprint density at radius 1 is 1.64 bits per heavy atom. The molecule has 1 aromatic rings. The molecule has 0 aromatic heterocycles. The number of phenolic OH excluding ortho intramolecular Hbond substituents is 1. The standard InChI is InChI=1S/C9H9BrFNO2/c1-4(12)8(13)7-5(10)2-3-6(11)9(7)14/h2-4,14H,12H2,1H3. The normalized spacial score (nSPS) is 12.6. The summed E-state index contributed by atoms with van der Waals surface area (Å²) in [5, 5.41) is 9.32. The van der Waals surface area contributed by atoms with Gasteiger partial charge in [0.1, 0.15) is 0 Å². The van der Waals surface area contributed by atoms with Gasteiger partial charge < -0.3 is 10.8 Å². The first-order valence-corrected chi connectivity index (χ1v) is 4.71. The second kappa shape index (κ2) is 4.06. The molecule has 1 aromatic carbocycles. The van der Waals surface area contributed by atoms with Crippen molar-refractivity contribution in [3.8, 4) is 5.75 Å². The first-order valence-electron chi connectivity index (χ1n) is 3.92. The van der Waals surface area contributed by atoms with Crippen molar-refractivity contribution < 1.29 is 14.3 Å². The predicted molar refractivity (Wildman–Crippen MR) is 53.7 cm³/mol. The van der Waals surface area contributed by atoms with E-state index < -0.39 is 23.4 Å². The van der Waals surface area contributed by atoms with Gasteiger partial charge in [0.05, 0.1) is 11.6 Å². The second-order valence-corrected chi connectivity index (χ2v) is 3.76. The number of benzene rings is 1. The van der Waals surface area contributed by atoms with E-state index in [1.807, 2.05) is 0 Å². The average molecular weight is 262 g/mol. The molecule has 1 unspecified atom stereocenters. The molecule has 0 radical (unpaired) electrons. The number of carbonyl (C=O) groups is 1. The zero-order valence-corrected chi connectivity index (χ0v) is 9.01. The molecule has 0 amide bonds. The zero-order valence-electron chi connectivity index (χ0n) is 7.42. The molecule has 0 heterocycles. The van der Waals surface area contributed by atoms with Crippen LogP contribution in [0.15, 0.2) is 16.6 Å². The van der Waals surface area contributed by atoms with Crippen LogP contribution in [-0.4, -0.2) is 16.9 Å². The van der Waals surface area contributed by atoms with E-state index >= 15 is 0 Å². The van der Waals surface area contributed by atoms with Gasteiger partial charge in [-0.25, -0.2) is 4.39 Å². The lowest BCUT2D eigenvalue weighted by Gasteiger charge is -2.09. The van der Waals surface area contributed by atoms with Gasteiger partial charge in [-0.05, 0) is 35.0 Å². The van der Waals surface area contributed by atoms with Gasteiger partial charge in [-0.3, -0.25) is 4.79 Å². The number of rotatable bonds is 2. The fraction of sp³-hybridized carbons (Fsp3) is 0.222. The quantitative estimate of drug-likeness (QED) is 0.799. The van der Waals surface area contributed by atoms with Gasteiger partial charge >= 0.3 is 0 Å². The molecular formula is C9H9BrFNO2. The molecule has 0 aliphatic carbocycles. The van der Waals surface area contributed by atoms with Crippen LogP contribution in [0.25, 0.3) is 0 Å². The molecule has 5 heteroatoms. The summed E-state index contributed by atoms with van der Waals surface area (Å²) in [6, 6.07) is 1.64. The monoisotopic (exact) mass is 261 g/mol. The third-order valence-electron chi connectivity index (χ3n) is 1.74. The Balaban J connectivity index is 3.33. The van der Waals surface area contributed by atoms with E-state index in [0.29, 0.717) is 4.47 Å². The molecule has 0 spiro atoms. The lowest BCUT2D eigenvalue weighted by Crippen LogP contribution is -2.27. The largest absolute Gasteiger partial charge is 0.504 e. The Hall–Kier alpha value is -0.940. The van der Waals surface area contributed by atoms with Crippen molar-refractivity contribution in [3.05, 3.63) is 28.0 Å². The van der Waals surface area contributed by atoms with E-state index in [1.165, 1.54) is 13.0 Å². The number of phenols is 1. The van der Waals surface area contributed by atoms with Gasteiger partial charge in [-0.2, -0.15) is 0 Å². The van der Waals surface area contributed by atoms with Crippen LogP contribution in [0.2, 0.25) is 0 Å². The molecule has 0 saturated carbocycles. The van der Waals surface area contributed by atoms with E-state index in [1.54, 1.807) is 0 Å². The van der Waals surface area contributed by atoms with Crippen LogP contribution < -0.4 is 5.73 Å². The van der Waals surface area contributed by atoms with Gasteiger partial charge in [-0.15, -0.1) is 0 Å². The second-order valence-electron chi connectivity index (χ2n) is 2.91. The highest BCUT2D eigenvalue weighted by Gasteiger charge is 2.20. The minimum atomic E-state index is -0.836. The minimum Gasteiger partial charge on any atom is -0.504 e. The Bertz CT molecular complexity index is 379. The maximum absolute atomic E-state index is 12.9. The smallest absolute Gasteiger partial charge is 0.184 e. The third kappa shape index (κ3) is 1.93. The maximum atomic E-state index is 12.9. The van der Waals surface area contributed by atoms with Crippen LogP contribution in [0.1, 0.15) is 17.3 Å². The molecule has 76 valence electrons. The predicted octanol–water partition coefficient (Wildman–Crippen LogP) is 1.82. The Labute approximate surface area is 88.9 Å². The van der Waals surface area contributed by atoms with E-state index in [9.17, 15) is 14.3 Å². The van der Waals surface area contributed by atoms with Crippen LogP contribution in [0.4, 0.5) is 4.39 Å². The lowest BCUT2D eigenvalue weighted by atomic mass is 10.0.